The van der Waals surface area contributed by atoms with Crippen LogP contribution in [0.1, 0.15) is 35.4 Å². The topological polar surface area (TPSA) is 46.4 Å². The summed E-state index contributed by atoms with van der Waals surface area (Å²) in [5.74, 6) is 0.470. The SMILES string of the molecule is O=C(CC1CCc2ccccc21)NCc1cnn2ccccc12. The minimum Gasteiger partial charge on any atom is -0.352 e. The number of carbonyl (C=O) groups is 1. The Morgan fingerprint density at radius 3 is 3.04 bits per heavy atom. The summed E-state index contributed by atoms with van der Waals surface area (Å²) < 4.78 is 1.83. The number of nitrogens with zero attached hydrogens (tertiary/aromatic N) is 2. The Morgan fingerprint density at radius 1 is 1.22 bits per heavy atom. The highest BCUT2D eigenvalue weighted by molar-refractivity contribution is 5.77. The van der Waals surface area contributed by atoms with Gasteiger partial charge in [-0.1, -0.05) is 30.3 Å². The van der Waals surface area contributed by atoms with Gasteiger partial charge < -0.3 is 5.32 Å². The molecule has 1 unspecified atom stereocenters. The number of nitrogens with one attached hydrogen (secondary N) is 1. The van der Waals surface area contributed by atoms with Crippen molar-refractivity contribution in [2.45, 2.75) is 31.7 Å². The summed E-state index contributed by atoms with van der Waals surface area (Å²) in [5, 5.41) is 7.34. The van der Waals surface area contributed by atoms with Crippen LogP contribution in [0.25, 0.3) is 5.52 Å². The maximum Gasteiger partial charge on any atom is 0.220 e. The first kappa shape index (κ1) is 14.0. The second-order valence-electron chi connectivity index (χ2n) is 6.12. The van der Waals surface area contributed by atoms with Gasteiger partial charge >= 0.3 is 0 Å². The van der Waals surface area contributed by atoms with E-state index in [1.165, 1.54) is 11.1 Å². The average molecular weight is 305 g/mol. The second-order valence-corrected chi connectivity index (χ2v) is 6.12. The van der Waals surface area contributed by atoms with Gasteiger partial charge in [0.1, 0.15) is 0 Å². The van der Waals surface area contributed by atoms with E-state index in [4.69, 9.17) is 0 Å². The van der Waals surface area contributed by atoms with Gasteiger partial charge in [0, 0.05) is 24.7 Å². The fourth-order valence-corrected chi connectivity index (χ4v) is 3.47. The standard InChI is InChI=1S/C19H19N3O/c23-19(11-15-9-8-14-5-1-2-6-17(14)15)20-12-16-13-21-22-10-4-3-7-18(16)22/h1-7,10,13,15H,8-9,11-12H2,(H,20,23). The fourth-order valence-electron chi connectivity index (χ4n) is 3.47. The van der Waals surface area contributed by atoms with Crippen LogP contribution < -0.4 is 5.32 Å². The number of pyridine rings is 1. The van der Waals surface area contributed by atoms with Crippen LogP contribution in [0.4, 0.5) is 0 Å². The number of aryl methyl sites for hydroxylation is 1. The van der Waals surface area contributed by atoms with Crippen LogP contribution in [0, 0.1) is 0 Å². The van der Waals surface area contributed by atoms with Gasteiger partial charge in [-0.25, -0.2) is 4.52 Å². The lowest BCUT2D eigenvalue weighted by atomic mass is 9.97. The monoisotopic (exact) mass is 305 g/mol. The molecule has 1 N–H and O–H groups in total. The second kappa shape index (κ2) is 5.88. The molecule has 1 aromatic carbocycles. The van der Waals surface area contributed by atoms with Gasteiger partial charge in [0.15, 0.2) is 0 Å². The third kappa shape index (κ3) is 2.72. The van der Waals surface area contributed by atoms with E-state index in [0.29, 0.717) is 18.9 Å². The zero-order valence-corrected chi connectivity index (χ0v) is 12.9. The van der Waals surface area contributed by atoms with Crippen molar-refractivity contribution >= 4 is 11.4 Å². The number of hydrogen-bond donors (Lipinski definition) is 1. The van der Waals surface area contributed by atoms with Crippen LogP contribution in [0.5, 0.6) is 0 Å². The average Bonchev–Trinajstić information content (AvgIpc) is 3.18. The molecule has 3 aromatic rings. The Morgan fingerprint density at radius 2 is 2.09 bits per heavy atom. The molecule has 1 atom stereocenters. The molecular formula is C19H19N3O. The smallest absolute Gasteiger partial charge is 0.220 e. The van der Waals surface area contributed by atoms with Gasteiger partial charge in [-0.2, -0.15) is 5.10 Å². The van der Waals surface area contributed by atoms with Crippen molar-refractivity contribution in [2.75, 3.05) is 0 Å². The van der Waals surface area contributed by atoms with Gasteiger partial charge in [0.2, 0.25) is 5.91 Å². The summed E-state index contributed by atoms with van der Waals surface area (Å²) in [7, 11) is 0. The fraction of sp³-hybridized carbons (Fsp3) is 0.263. The predicted molar refractivity (Wildman–Crippen MR) is 89.2 cm³/mol. The highest BCUT2D eigenvalue weighted by Crippen LogP contribution is 2.35. The molecule has 4 nitrogen and oxygen atoms in total. The van der Waals surface area contributed by atoms with Crippen molar-refractivity contribution in [2.24, 2.45) is 0 Å². The Bertz CT molecular complexity index is 852. The van der Waals surface area contributed by atoms with Crippen LogP contribution in [0.15, 0.2) is 54.9 Å². The van der Waals surface area contributed by atoms with E-state index in [1.54, 1.807) is 0 Å². The first-order valence-electron chi connectivity index (χ1n) is 8.07. The Kier molecular flexibility index (Phi) is 3.58. The normalized spacial score (nSPS) is 16.4. The molecule has 0 spiro atoms. The van der Waals surface area contributed by atoms with Crippen molar-refractivity contribution in [3.63, 3.8) is 0 Å². The minimum atomic E-state index is 0.113. The minimum absolute atomic E-state index is 0.113. The number of fused-ring (bicyclic) bond motifs is 2. The summed E-state index contributed by atoms with van der Waals surface area (Å²) in [6.07, 6.45) is 6.46. The molecule has 23 heavy (non-hydrogen) atoms. The molecule has 0 fully saturated rings. The first-order chi connectivity index (χ1) is 11.3. The molecule has 4 heteroatoms. The lowest BCUT2D eigenvalue weighted by molar-refractivity contribution is -0.121. The quantitative estimate of drug-likeness (QED) is 0.805. The van der Waals surface area contributed by atoms with Crippen molar-refractivity contribution in [3.8, 4) is 0 Å². The number of hydrogen-bond acceptors (Lipinski definition) is 2. The Labute approximate surface area is 135 Å². The van der Waals surface area contributed by atoms with Gasteiger partial charge in [0.25, 0.3) is 0 Å². The van der Waals surface area contributed by atoms with Crippen LogP contribution in [0.3, 0.4) is 0 Å². The molecule has 0 saturated heterocycles. The van der Waals surface area contributed by atoms with Crippen molar-refractivity contribution in [1.82, 2.24) is 14.9 Å². The molecule has 0 saturated carbocycles. The molecule has 2 heterocycles. The number of aromatic nitrogens is 2. The van der Waals surface area contributed by atoms with Crippen LogP contribution in [-0.2, 0) is 17.8 Å². The van der Waals surface area contributed by atoms with E-state index in [1.807, 2.05) is 35.1 Å². The molecule has 1 aliphatic rings. The van der Waals surface area contributed by atoms with E-state index in [-0.39, 0.29) is 5.91 Å². The summed E-state index contributed by atoms with van der Waals surface area (Å²) >= 11 is 0. The molecule has 0 bridgehead atoms. The van der Waals surface area contributed by atoms with E-state index in [0.717, 1.165) is 23.9 Å². The molecule has 2 aromatic heterocycles. The molecule has 0 radical (unpaired) electrons. The largest absolute Gasteiger partial charge is 0.352 e. The van der Waals surface area contributed by atoms with Gasteiger partial charge in [-0.15, -0.1) is 0 Å². The van der Waals surface area contributed by atoms with E-state index >= 15 is 0 Å². The van der Waals surface area contributed by atoms with Crippen molar-refractivity contribution in [3.05, 3.63) is 71.5 Å². The zero-order chi connectivity index (χ0) is 15.6. The molecule has 4 rings (SSSR count). The van der Waals surface area contributed by atoms with Crippen molar-refractivity contribution in [1.29, 1.82) is 0 Å². The van der Waals surface area contributed by atoms with Crippen LogP contribution in [-0.4, -0.2) is 15.5 Å². The molecule has 0 aliphatic heterocycles. The van der Waals surface area contributed by atoms with E-state index < -0.39 is 0 Å². The first-order valence-corrected chi connectivity index (χ1v) is 8.07. The maximum atomic E-state index is 12.3. The summed E-state index contributed by atoms with van der Waals surface area (Å²) in [6.45, 7) is 0.528. The maximum absolute atomic E-state index is 12.3. The number of carbonyl (C=O) groups excluding carboxylic acids is 1. The number of amides is 1. The molecular weight excluding hydrogens is 286 g/mol. The highest BCUT2D eigenvalue weighted by atomic mass is 16.1. The Balaban J connectivity index is 1.40. The Hall–Kier alpha value is -2.62. The summed E-state index contributed by atoms with van der Waals surface area (Å²) in [4.78, 5) is 12.3. The van der Waals surface area contributed by atoms with Crippen LogP contribution >= 0.6 is 0 Å². The third-order valence-corrected chi connectivity index (χ3v) is 4.67. The van der Waals surface area contributed by atoms with E-state index in [2.05, 4.69) is 34.7 Å². The van der Waals surface area contributed by atoms with Gasteiger partial charge in [-0.05, 0) is 42.0 Å². The molecule has 1 aliphatic carbocycles. The lowest BCUT2D eigenvalue weighted by Crippen LogP contribution is -2.24. The zero-order valence-electron chi connectivity index (χ0n) is 12.9. The highest BCUT2D eigenvalue weighted by Gasteiger charge is 2.24. The molecule has 116 valence electrons. The molecule has 1 amide bonds. The lowest BCUT2D eigenvalue weighted by Gasteiger charge is -2.11. The summed E-state index contributed by atoms with van der Waals surface area (Å²) in [6, 6.07) is 14.4. The van der Waals surface area contributed by atoms with Crippen LogP contribution in [0.2, 0.25) is 0 Å². The third-order valence-electron chi connectivity index (χ3n) is 4.67. The number of benzene rings is 1. The van der Waals surface area contributed by atoms with E-state index in [9.17, 15) is 4.79 Å². The van der Waals surface area contributed by atoms with Gasteiger partial charge in [0.05, 0.1) is 11.7 Å². The predicted octanol–water partition coefficient (Wildman–Crippen LogP) is 3.07. The van der Waals surface area contributed by atoms with Gasteiger partial charge in [-0.3, -0.25) is 4.79 Å². The summed E-state index contributed by atoms with van der Waals surface area (Å²) in [5.41, 5.74) is 4.83. The number of rotatable bonds is 4. The van der Waals surface area contributed by atoms with Crippen molar-refractivity contribution < 1.29 is 4.79 Å².